The first kappa shape index (κ1) is 20.9. The molecule has 5 N–H and O–H groups in total. The number of nitrogens with zero attached hydrogens (tertiary/aromatic N) is 3. The van der Waals surface area contributed by atoms with Crippen LogP contribution in [0.1, 0.15) is 16.8 Å². The van der Waals surface area contributed by atoms with Crippen LogP contribution in [0.3, 0.4) is 0 Å². The Bertz CT molecular complexity index is 1070. The van der Waals surface area contributed by atoms with Gasteiger partial charge in [-0.15, -0.1) is 0 Å². The molecule has 0 unspecified atom stereocenters. The minimum Gasteiger partial charge on any atom is -0.398 e. The fraction of sp³-hybridized carbons (Fsp3) is 0.190. The number of nitrogens with one attached hydrogen (secondary N) is 1. The van der Waals surface area contributed by atoms with Gasteiger partial charge in [-0.25, -0.2) is 9.97 Å². The Hall–Kier alpha value is -2.83. The van der Waals surface area contributed by atoms with Crippen LogP contribution in [0.2, 0.25) is 10.0 Å². The Labute approximate surface area is 180 Å². The minimum atomic E-state index is 0.411. The first-order valence-electron chi connectivity index (χ1n) is 9.06. The molecule has 2 aromatic carbocycles. The van der Waals surface area contributed by atoms with E-state index in [0.717, 1.165) is 28.2 Å². The number of hydrogen-bond acceptors (Lipinski definition) is 5. The SMILES string of the molecule is Cc1nc(-c2ccc(Cl)cc2Cl)nc(NCCN=C(N)c2ccccc2N)c1C. The summed E-state index contributed by atoms with van der Waals surface area (Å²) in [5, 5.41) is 4.37. The third-order valence-electron chi connectivity index (χ3n) is 4.48. The monoisotopic (exact) mass is 428 g/mol. The summed E-state index contributed by atoms with van der Waals surface area (Å²) in [6, 6.07) is 12.6. The average molecular weight is 429 g/mol. The highest BCUT2D eigenvalue weighted by Crippen LogP contribution is 2.30. The second-order valence-corrected chi connectivity index (χ2v) is 7.36. The number of aryl methyl sites for hydroxylation is 1. The molecule has 1 aromatic heterocycles. The standard InChI is InChI=1S/C21H22Cl2N6/c1-12-13(2)28-21(15-8-7-14(22)11-17(15)23)29-20(12)27-10-9-26-19(25)16-5-3-4-6-18(16)24/h3-8,11H,9-10,24H2,1-2H3,(H2,25,26)(H,27,28,29). The molecule has 0 bridgehead atoms. The summed E-state index contributed by atoms with van der Waals surface area (Å²) in [7, 11) is 0. The number of para-hydroxylation sites is 1. The molecule has 6 nitrogen and oxygen atoms in total. The van der Waals surface area contributed by atoms with Crippen LogP contribution in [0, 0.1) is 13.8 Å². The van der Waals surface area contributed by atoms with Crippen LogP contribution in [0.15, 0.2) is 47.5 Å². The Morgan fingerprint density at radius 3 is 2.59 bits per heavy atom. The van der Waals surface area contributed by atoms with Gasteiger partial charge in [0.2, 0.25) is 0 Å². The fourth-order valence-corrected chi connectivity index (χ4v) is 3.25. The van der Waals surface area contributed by atoms with E-state index in [-0.39, 0.29) is 0 Å². The highest BCUT2D eigenvalue weighted by atomic mass is 35.5. The zero-order valence-corrected chi connectivity index (χ0v) is 17.7. The van der Waals surface area contributed by atoms with Gasteiger partial charge in [-0.2, -0.15) is 0 Å². The predicted molar refractivity (Wildman–Crippen MR) is 122 cm³/mol. The molecule has 0 saturated heterocycles. The van der Waals surface area contributed by atoms with Crippen molar-refractivity contribution in [3.05, 3.63) is 69.3 Å². The summed E-state index contributed by atoms with van der Waals surface area (Å²) >= 11 is 12.3. The third-order valence-corrected chi connectivity index (χ3v) is 5.03. The van der Waals surface area contributed by atoms with Crippen LogP contribution in [-0.2, 0) is 0 Å². The number of hydrogen-bond donors (Lipinski definition) is 3. The van der Waals surface area contributed by atoms with Crippen molar-refractivity contribution in [1.29, 1.82) is 0 Å². The summed E-state index contributed by atoms with van der Waals surface area (Å²) in [5.74, 6) is 1.68. The Balaban J connectivity index is 1.75. The van der Waals surface area contributed by atoms with Gasteiger partial charge in [0.25, 0.3) is 0 Å². The molecule has 150 valence electrons. The molecule has 0 atom stereocenters. The second-order valence-electron chi connectivity index (χ2n) is 6.51. The smallest absolute Gasteiger partial charge is 0.163 e. The minimum absolute atomic E-state index is 0.411. The van der Waals surface area contributed by atoms with Crippen LogP contribution in [0.5, 0.6) is 0 Å². The van der Waals surface area contributed by atoms with E-state index < -0.39 is 0 Å². The van der Waals surface area contributed by atoms with Crippen molar-refractivity contribution in [3.8, 4) is 11.4 Å². The predicted octanol–water partition coefficient (Wildman–Crippen LogP) is 4.47. The molecule has 0 aliphatic heterocycles. The van der Waals surface area contributed by atoms with Crippen LogP contribution < -0.4 is 16.8 Å². The van der Waals surface area contributed by atoms with E-state index in [1.807, 2.05) is 38.1 Å². The summed E-state index contributed by atoms with van der Waals surface area (Å²) < 4.78 is 0. The lowest BCUT2D eigenvalue weighted by molar-refractivity contribution is 0.985. The zero-order valence-electron chi connectivity index (χ0n) is 16.2. The molecular formula is C21H22Cl2N6. The van der Waals surface area contributed by atoms with Crippen molar-refractivity contribution in [2.24, 2.45) is 10.7 Å². The van der Waals surface area contributed by atoms with Gasteiger partial charge >= 0.3 is 0 Å². The van der Waals surface area contributed by atoms with Gasteiger partial charge in [0.1, 0.15) is 11.7 Å². The van der Waals surface area contributed by atoms with E-state index in [2.05, 4.69) is 20.3 Å². The number of halogens is 2. The molecule has 3 rings (SSSR count). The molecule has 0 saturated carbocycles. The van der Waals surface area contributed by atoms with E-state index in [4.69, 9.17) is 34.7 Å². The molecular weight excluding hydrogens is 407 g/mol. The Kier molecular flexibility index (Phi) is 6.56. The number of nitrogen functional groups attached to an aromatic ring is 1. The van der Waals surface area contributed by atoms with Gasteiger partial charge in [0.15, 0.2) is 5.82 Å². The lowest BCUT2D eigenvalue weighted by Gasteiger charge is -2.13. The summed E-state index contributed by atoms with van der Waals surface area (Å²) in [5.41, 5.74) is 15.9. The first-order chi connectivity index (χ1) is 13.9. The molecule has 0 radical (unpaired) electrons. The largest absolute Gasteiger partial charge is 0.398 e. The van der Waals surface area contributed by atoms with Crippen LogP contribution in [-0.4, -0.2) is 28.9 Å². The van der Waals surface area contributed by atoms with Gasteiger partial charge < -0.3 is 16.8 Å². The molecule has 3 aromatic rings. The molecule has 0 spiro atoms. The molecule has 0 amide bonds. The van der Waals surface area contributed by atoms with E-state index in [0.29, 0.717) is 40.5 Å². The maximum atomic E-state index is 6.31. The third kappa shape index (κ3) is 4.96. The highest BCUT2D eigenvalue weighted by molar-refractivity contribution is 6.36. The number of aliphatic imine (C=N–C) groups is 1. The molecule has 0 fully saturated rings. The molecule has 29 heavy (non-hydrogen) atoms. The summed E-state index contributed by atoms with van der Waals surface area (Å²) in [4.78, 5) is 13.6. The number of rotatable bonds is 6. The van der Waals surface area contributed by atoms with Crippen LogP contribution >= 0.6 is 23.2 Å². The Morgan fingerprint density at radius 2 is 1.86 bits per heavy atom. The number of nitrogens with two attached hydrogens (primary N) is 2. The Morgan fingerprint density at radius 1 is 1.10 bits per heavy atom. The van der Waals surface area contributed by atoms with E-state index in [9.17, 15) is 0 Å². The van der Waals surface area contributed by atoms with E-state index in [1.165, 1.54) is 0 Å². The number of anilines is 2. The maximum Gasteiger partial charge on any atom is 0.163 e. The summed E-state index contributed by atoms with van der Waals surface area (Å²) in [6.07, 6.45) is 0. The molecule has 1 heterocycles. The summed E-state index contributed by atoms with van der Waals surface area (Å²) in [6.45, 7) is 4.93. The van der Waals surface area contributed by atoms with Crippen LogP contribution in [0.25, 0.3) is 11.4 Å². The maximum absolute atomic E-state index is 6.31. The van der Waals surface area contributed by atoms with Gasteiger partial charge in [0.05, 0.1) is 11.6 Å². The van der Waals surface area contributed by atoms with Gasteiger partial charge in [-0.3, -0.25) is 4.99 Å². The fourth-order valence-electron chi connectivity index (χ4n) is 2.76. The van der Waals surface area contributed by atoms with Crippen molar-refractivity contribution in [1.82, 2.24) is 9.97 Å². The van der Waals surface area contributed by atoms with Crippen molar-refractivity contribution < 1.29 is 0 Å². The number of amidine groups is 1. The normalized spacial score (nSPS) is 11.5. The van der Waals surface area contributed by atoms with Gasteiger partial charge in [-0.1, -0.05) is 35.3 Å². The zero-order chi connectivity index (χ0) is 21.0. The lowest BCUT2D eigenvalue weighted by Crippen LogP contribution is -2.18. The van der Waals surface area contributed by atoms with Crippen molar-refractivity contribution in [2.75, 3.05) is 24.1 Å². The number of aromatic nitrogens is 2. The van der Waals surface area contributed by atoms with E-state index in [1.54, 1.807) is 18.2 Å². The van der Waals surface area contributed by atoms with Gasteiger partial charge in [-0.05, 0) is 44.2 Å². The molecule has 8 heteroatoms. The van der Waals surface area contributed by atoms with Crippen molar-refractivity contribution in [2.45, 2.75) is 13.8 Å². The van der Waals surface area contributed by atoms with Gasteiger partial charge in [0, 0.05) is 39.6 Å². The quantitative estimate of drug-likeness (QED) is 0.232. The average Bonchev–Trinajstić information content (AvgIpc) is 2.68. The number of benzene rings is 2. The van der Waals surface area contributed by atoms with Crippen molar-refractivity contribution >= 4 is 40.5 Å². The van der Waals surface area contributed by atoms with Crippen LogP contribution in [0.4, 0.5) is 11.5 Å². The van der Waals surface area contributed by atoms with E-state index >= 15 is 0 Å². The highest BCUT2D eigenvalue weighted by Gasteiger charge is 2.12. The first-order valence-corrected chi connectivity index (χ1v) is 9.81. The lowest BCUT2D eigenvalue weighted by atomic mass is 10.1. The second kappa shape index (κ2) is 9.11. The topological polar surface area (TPSA) is 102 Å². The molecule has 0 aliphatic rings. The molecule has 0 aliphatic carbocycles. The van der Waals surface area contributed by atoms with Crippen molar-refractivity contribution in [3.63, 3.8) is 0 Å².